The molecule has 4 rings (SSSR count). The maximum Gasteiger partial charge on any atom is 0.278 e. The maximum atomic E-state index is 12.8. The van der Waals surface area contributed by atoms with Crippen molar-refractivity contribution in [1.29, 1.82) is 0 Å². The van der Waals surface area contributed by atoms with E-state index in [2.05, 4.69) is 20.3 Å². The summed E-state index contributed by atoms with van der Waals surface area (Å²) in [6.45, 7) is 2.06. The Morgan fingerprint density at radius 3 is 2.48 bits per heavy atom. The molecule has 0 unspecified atom stereocenters. The molecule has 0 radical (unpaired) electrons. The summed E-state index contributed by atoms with van der Waals surface area (Å²) in [6, 6.07) is 13.8. The van der Waals surface area contributed by atoms with Crippen LogP contribution in [0.25, 0.3) is 21.8 Å². The van der Waals surface area contributed by atoms with E-state index in [4.69, 9.17) is 0 Å². The summed E-state index contributed by atoms with van der Waals surface area (Å²) < 4.78 is 1.05. The first-order valence-corrected chi connectivity index (χ1v) is 9.15. The van der Waals surface area contributed by atoms with Gasteiger partial charge in [0.25, 0.3) is 11.1 Å². The number of hydrogen-bond acceptors (Lipinski definition) is 6. The second-order valence-electron chi connectivity index (χ2n) is 6.51. The number of nitrogens with one attached hydrogen (secondary N) is 1. The second kappa shape index (κ2) is 7.63. The van der Waals surface area contributed by atoms with Crippen LogP contribution in [-0.4, -0.2) is 42.3 Å². The molecule has 1 N–H and O–H groups in total. The Labute approximate surface area is 164 Å². The van der Waals surface area contributed by atoms with Crippen molar-refractivity contribution in [2.75, 3.05) is 6.54 Å². The molecule has 2 aromatic heterocycles. The van der Waals surface area contributed by atoms with Crippen LogP contribution in [0.2, 0.25) is 0 Å². The monoisotopic (exact) mass is 390 g/mol. The van der Waals surface area contributed by atoms with E-state index in [-0.39, 0.29) is 30.1 Å². The number of amides is 1. The number of likely N-dealkylation sites (N-methyl/N-ethyl adjacent to an activating group) is 1. The summed E-state index contributed by atoms with van der Waals surface area (Å²) in [5, 5.41) is 8.74. The molecule has 2 aromatic carbocycles. The molecule has 146 valence electrons. The van der Waals surface area contributed by atoms with Crippen molar-refractivity contribution in [3.63, 3.8) is 0 Å². The van der Waals surface area contributed by atoms with Gasteiger partial charge in [-0.25, -0.2) is 9.67 Å². The van der Waals surface area contributed by atoms with Gasteiger partial charge in [-0.1, -0.05) is 29.5 Å². The van der Waals surface area contributed by atoms with E-state index in [1.54, 1.807) is 48.5 Å². The Morgan fingerprint density at radius 2 is 1.72 bits per heavy atom. The first-order valence-electron chi connectivity index (χ1n) is 9.15. The van der Waals surface area contributed by atoms with E-state index < -0.39 is 0 Å². The minimum Gasteiger partial charge on any atom is -0.334 e. The van der Waals surface area contributed by atoms with Gasteiger partial charge in [-0.15, -0.1) is 5.10 Å². The van der Waals surface area contributed by atoms with Gasteiger partial charge >= 0.3 is 0 Å². The number of hydrogen-bond donors (Lipinski definition) is 1. The van der Waals surface area contributed by atoms with Gasteiger partial charge in [0, 0.05) is 6.54 Å². The zero-order chi connectivity index (χ0) is 20.4. The van der Waals surface area contributed by atoms with Crippen LogP contribution in [0.1, 0.15) is 12.7 Å². The molecule has 0 aliphatic carbocycles. The molecule has 9 heteroatoms. The van der Waals surface area contributed by atoms with E-state index in [0.29, 0.717) is 34.2 Å². The molecule has 0 aliphatic heterocycles. The lowest BCUT2D eigenvalue weighted by Gasteiger charge is -2.20. The summed E-state index contributed by atoms with van der Waals surface area (Å²) in [6.07, 6.45) is 0. The standard InChI is InChI=1S/C20H18N6O3/c1-2-25(11-17-21-15-9-5-3-7-13(15)19(28)22-17)18(27)12-26-20(29)14-8-4-6-10-16(14)23-24-26/h3-10H,2,11-12H2,1H3,(H,21,22,28). The highest BCUT2D eigenvalue weighted by molar-refractivity contribution is 5.79. The van der Waals surface area contributed by atoms with Crippen molar-refractivity contribution >= 4 is 27.7 Å². The van der Waals surface area contributed by atoms with Crippen LogP contribution in [0.15, 0.2) is 58.1 Å². The molecule has 0 atom stereocenters. The number of H-pyrrole nitrogens is 1. The minimum atomic E-state index is -0.378. The summed E-state index contributed by atoms with van der Waals surface area (Å²) in [7, 11) is 0. The summed E-state index contributed by atoms with van der Waals surface area (Å²) in [4.78, 5) is 46.2. The number of rotatable bonds is 5. The molecule has 4 aromatic rings. The highest BCUT2D eigenvalue weighted by atomic mass is 16.2. The van der Waals surface area contributed by atoms with Gasteiger partial charge in [0.1, 0.15) is 17.9 Å². The van der Waals surface area contributed by atoms with E-state index in [1.807, 2.05) is 6.92 Å². The van der Waals surface area contributed by atoms with Gasteiger partial charge in [0.2, 0.25) is 5.91 Å². The summed E-state index contributed by atoms with van der Waals surface area (Å²) >= 11 is 0. The molecule has 0 aliphatic rings. The molecule has 0 bridgehead atoms. The van der Waals surface area contributed by atoms with Gasteiger partial charge in [0.05, 0.1) is 22.8 Å². The number of aromatic amines is 1. The van der Waals surface area contributed by atoms with Crippen molar-refractivity contribution < 1.29 is 4.79 Å². The largest absolute Gasteiger partial charge is 0.334 e. The summed E-state index contributed by atoms with van der Waals surface area (Å²) in [5.74, 6) is 0.0517. The van der Waals surface area contributed by atoms with Gasteiger partial charge in [-0.05, 0) is 31.2 Å². The third kappa shape index (κ3) is 3.62. The molecule has 29 heavy (non-hydrogen) atoms. The van der Waals surface area contributed by atoms with Crippen LogP contribution in [0.4, 0.5) is 0 Å². The number of carbonyl (C=O) groups excluding carboxylic acids is 1. The number of para-hydroxylation sites is 1. The predicted octanol–water partition coefficient (Wildman–Crippen LogP) is 1.08. The number of benzene rings is 2. The normalized spacial score (nSPS) is 11.1. The first kappa shape index (κ1) is 18.5. The van der Waals surface area contributed by atoms with Crippen molar-refractivity contribution in [2.24, 2.45) is 0 Å². The number of fused-ring (bicyclic) bond motifs is 2. The molecule has 0 saturated heterocycles. The lowest BCUT2D eigenvalue weighted by atomic mass is 10.2. The number of aromatic nitrogens is 5. The highest BCUT2D eigenvalue weighted by Gasteiger charge is 2.17. The Hall–Kier alpha value is -3.88. The van der Waals surface area contributed by atoms with Crippen LogP contribution in [0, 0.1) is 0 Å². The lowest BCUT2D eigenvalue weighted by Crippen LogP contribution is -2.38. The van der Waals surface area contributed by atoms with E-state index in [1.165, 1.54) is 4.90 Å². The molecule has 2 heterocycles. The van der Waals surface area contributed by atoms with Gasteiger partial charge < -0.3 is 9.88 Å². The molecule has 0 spiro atoms. The summed E-state index contributed by atoms with van der Waals surface area (Å²) in [5.41, 5.74) is 0.404. The first-order chi connectivity index (χ1) is 14.1. The highest BCUT2D eigenvalue weighted by Crippen LogP contribution is 2.08. The van der Waals surface area contributed by atoms with E-state index in [0.717, 1.165) is 4.68 Å². The number of carbonyl (C=O) groups is 1. The fourth-order valence-electron chi connectivity index (χ4n) is 3.12. The van der Waals surface area contributed by atoms with Crippen LogP contribution < -0.4 is 11.1 Å². The fraction of sp³-hybridized carbons (Fsp3) is 0.200. The molecule has 9 nitrogen and oxygen atoms in total. The average Bonchev–Trinajstić information content (AvgIpc) is 2.74. The van der Waals surface area contributed by atoms with Gasteiger partial charge in [-0.3, -0.25) is 14.4 Å². The van der Waals surface area contributed by atoms with Crippen LogP contribution >= 0.6 is 0 Å². The SMILES string of the molecule is CCN(Cc1nc2ccccc2c(=O)[nH]1)C(=O)Cn1nnc2ccccc2c1=O. The maximum absolute atomic E-state index is 12.8. The smallest absolute Gasteiger partial charge is 0.278 e. The van der Waals surface area contributed by atoms with E-state index in [9.17, 15) is 14.4 Å². The van der Waals surface area contributed by atoms with E-state index >= 15 is 0 Å². The minimum absolute atomic E-state index is 0.116. The average molecular weight is 390 g/mol. The fourth-order valence-corrected chi connectivity index (χ4v) is 3.12. The zero-order valence-electron chi connectivity index (χ0n) is 15.7. The second-order valence-corrected chi connectivity index (χ2v) is 6.51. The van der Waals surface area contributed by atoms with Crippen molar-refractivity contribution in [3.8, 4) is 0 Å². The lowest BCUT2D eigenvalue weighted by molar-refractivity contribution is -0.132. The predicted molar refractivity (Wildman–Crippen MR) is 107 cm³/mol. The number of nitrogens with zero attached hydrogens (tertiary/aromatic N) is 5. The molecule has 0 fully saturated rings. The Kier molecular flexibility index (Phi) is 4.86. The topological polar surface area (TPSA) is 114 Å². The van der Waals surface area contributed by atoms with Crippen molar-refractivity contribution in [3.05, 3.63) is 75.1 Å². The quantitative estimate of drug-likeness (QED) is 0.545. The van der Waals surface area contributed by atoms with Gasteiger partial charge in [0.15, 0.2) is 0 Å². The van der Waals surface area contributed by atoms with Crippen molar-refractivity contribution in [2.45, 2.75) is 20.0 Å². The van der Waals surface area contributed by atoms with Crippen LogP contribution in [-0.2, 0) is 17.9 Å². The third-order valence-electron chi connectivity index (χ3n) is 4.65. The zero-order valence-corrected chi connectivity index (χ0v) is 15.7. The Bertz CT molecular complexity index is 1330. The van der Waals surface area contributed by atoms with Crippen LogP contribution in [0.5, 0.6) is 0 Å². The third-order valence-corrected chi connectivity index (χ3v) is 4.65. The molecular formula is C20H18N6O3. The molecule has 0 saturated carbocycles. The van der Waals surface area contributed by atoms with Gasteiger partial charge in [-0.2, -0.15) is 0 Å². The molecule has 1 amide bonds. The van der Waals surface area contributed by atoms with Crippen LogP contribution in [0.3, 0.4) is 0 Å². The Balaban J connectivity index is 1.58. The Morgan fingerprint density at radius 1 is 1.03 bits per heavy atom. The molecular weight excluding hydrogens is 372 g/mol. The van der Waals surface area contributed by atoms with Crippen molar-refractivity contribution in [1.82, 2.24) is 29.9 Å².